The second kappa shape index (κ2) is 10.0. The zero-order valence-corrected chi connectivity index (χ0v) is 19.7. The number of nitrogens with zero attached hydrogens (tertiary/aromatic N) is 3. The van der Waals surface area contributed by atoms with Crippen molar-refractivity contribution in [1.29, 1.82) is 0 Å². The summed E-state index contributed by atoms with van der Waals surface area (Å²) in [4.78, 5) is 20.8. The molecule has 0 radical (unpaired) electrons. The number of hydrogen-bond donors (Lipinski definition) is 2. The third-order valence-electron chi connectivity index (χ3n) is 5.50. The molecule has 0 bridgehead atoms. The second-order valence-electron chi connectivity index (χ2n) is 8.49. The van der Waals surface area contributed by atoms with Crippen molar-refractivity contribution in [2.75, 3.05) is 18.9 Å². The van der Waals surface area contributed by atoms with Crippen LogP contribution >= 0.6 is 0 Å². The molecule has 0 atom stereocenters. The average Bonchev–Trinajstić information content (AvgIpc) is 3.09. The molecule has 176 valence electrons. The number of imidazole rings is 1. The summed E-state index contributed by atoms with van der Waals surface area (Å²) in [6.45, 7) is 4.23. The maximum Gasteiger partial charge on any atom is 0.208 e. The van der Waals surface area contributed by atoms with Gasteiger partial charge >= 0.3 is 0 Å². The number of carbonyl (C=O) groups excluding carboxylic acids is 1. The van der Waals surface area contributed by atoms with Gasteiger partial charge in [0.25, 0.3) is 0 Å². The summed E-state index contributed by atoms with van der Waals surface area (Å²) in [7, 11) is 3.66. The van der Waals surface area contributed by atoms with Gasteiger partial charge in [0.15, 0.2) is 5.78 Å². The fourth-order valence-corrected chi connectivity index (χ4v) is 3.76. The van der Waals surface area contributed by atoms with E-state index in [1.807, 2.05) is 49.7 Å². The van der Waals surface area contributed by atoms with Crippen molar-refractivity contribution in [3.63, 3.8) is 0 Å². The van der Waals surface area contributed by atoms with Crippen LogP contribution < -0.4 is 15.4 Å². The number of anilines is 2. The molecule has 2 N–H and O–H groups in total. The van der Waals surface area contributed by atoms with Crippen LogP contribution in [-0.2, 0) is 18.3 Å². The Morgan fingerprint density at radius 3 is 2.68 bits per heavy atom. The molecule has 4 aromatic rings. The van der Waals surface area contributed by atoms with Crippen molar-refractivity contribution in [2.45, 2.75) is 26.2 Å². The number of likely N-dealkylation sites (N-methyl/N-ethyl adjacent to an activating group) is 1. The number of Topliss-reactive ketones (excluding diaryl/α,β-unsaturated/α-hetero) is 1. The van der Waals surface area contributed by atoms with Crippen LogP contribution in [0.3, 0.4) is 0 Å². The van der Waals surface area contributed by atoms with E-state index >= 15 is 0 Å². The normalized spacial score (nSPS) is 11.2. The van der Waals surface area contributed by atoms with Gasteiger partial charge in [-0.15, -0.1) is 0 Å². The Labute approximate surface area is 198 Å². The van der Waals surface area contributed by atoms with Gasteiger partial charge in [0.2, 0.25) is 5.95 Å². The molecule has 2 aromatic heterocycles. The number of halogens is 1. The number of carbonyl (C=O) groups is 1. The molecule has 8 heteroatoms. The fraction of sp³-hybridized carbons (Fsp3) is 0.269. The van der Waals surface area contributed by atoms with Gasteiger partial charge in [-0.05, 0) is 54.9 Å². The molecule has 0 aliphatic carbocycles. The molecule has 0 saturated heterocycles. The largest absolute Gasteiger partial charge is 0.457 e. The molecule has 0 unspecified atom stereocenters. The number of pyridine rings is 1. The lowest BCUT2D eigenvalue weighted by Crippen LogP contribution is -2.20. The van der Waals surface area contributed by atoms with Gasteiger partial charge in [0.05, 0.1) is 29.7 Å². The molecule has 2 heterocycles. The van der Waals surface area contributed by atoms with E-state index < -0.39 is 0 Å². The van der Waals surface area contributed by atoms with E-state index in [0.717, 1.165) is 16.7 Å². The summed E-state index contributed by atoms with van der Waals surface area (Å²) in [6.07, 6.45) is 1.88. The molecule has 0 aliphatic heterocycles. The molecule has 34 heavy (non-hydrogen) atoms. The Hall–Kier alpha value is -3.78. The van der Waals surface area contributed by atoms with E-state index in [9.17, 15) is 9.18 Å². The predicted octanol–water partition coefficient (Wildman–Crippen LogP) is 5.10. The number of hydrogen-bond acceptors (Lipinski definition) is 6. The molecule has 4 rings (SSSR count). The molecular weight excluding hydrogens is 433 g/mol. The summed E-state index contributed by atoms with van der Waals surface area (Å²) in [6, 6.07) is 14.2. The number of fused-ring (bicyclic) bond motifs is 1. The van der Waals surface area contributed by atoms with Crippen LogP contribution in [0.5, 0.6) is 11.5 Å². The zero-order chi connectivity index (χ0) is 24.2. The molecule has 0 saturated carbocycles. The minimum Gasteiger partial charge on any atom is -0.457 e. The summed E-state index contributed by atoms with van der Waals surface area (Å²) < 4.78 is 22.0. The Balaban J connectivity index is 1.54. The number of aromatic nitrogens is 3. The van der Waals surface area contributed by atoms with Crippen molar-refractivity contribution in [1.82, 2.24) is 19.9 Å². The summed E-state index contributed by atoms with van der Waals surface area (Å²) in [5, 5.41) is 6.14. The molecule has 0 fully saturated rings. The van der Waals surface area contributed by atoms with E-state index in [1.165, 1.54) is 6.07 Å². The molecular formula is C26H28FN5O2. The second-order valence-corrected chi connectivity index (χ2v) is 8.49. The highest BCUT2D eigenvalue weighted by molar-refractivity contribution is 5.82. The summed E-state index contributed by atoms with van der Waals surface area (Å²) in [5.41, 5.74) is 3.77. The number of nitrogens with one attached hydrogen (secondary N) is 2. The van der Waals surface area contributed by atoms with E-state index in [4.69, 9.17) is 9.72 Å². The molecule has 0 aliphatic rings. The molecule has 7 nitrogen and oxygen atoms in total. The summed E-state index contributed by atoms with van der Waals surface area (Å²) in [5.74, 6) is 1.80. The van der Waals surface area contributed by atoms with Gasteiger partial charge in [-0.25, -0.2) is 9.37 Å². The Kier molecular flexibility index (Phi) is 6.88. The third-order valence-corrected chi connectivity index (χ3v) is 5.50. The maximum atomic E-state index is 14.1. The quantitative estimate of drug-likeness (QED) is 0.361. The first-order valence-corrected chi connectivity index (χ1v) is 11.2. The van der Waals surface area contributed by atoms with Gasteiger partial charge in [-0.3, -0.25) is 9.78 Å². The van der Waals surface area contributed by atoms with Crippen molar-refractivity contribution in [3.8, 4) is 11.5 Å². The standard InChI is InChI=1S/C26H28FN5O2/c1-16(2)22-13-17(5-7-23(22)27)30-26-31-24-14-20(6-8-25(24)32(26)4)34-21-9-10-29-18(12-21)11-19(33)15-28-3/h5-10,12-14,16,28H,11,15H2,1-4H3,(H,30,31). The number of rotatable bonds is 9. The Bertz CT molecular complexity index is 1330. The van der Waals surface area contributed by atoms with Crippen LogP contribution in [0, 0.1) is 5.82 Å². The van der Waals surface area contributed by atoms with Crippen molar-refractivity contribution >= 4 is 28.5 Å². The lowest BCUT2D eigenvalue weighted by atomic mass is 10.0. The van der Waals surface area contributed by atoms with E-state index in [2.05, 4.69) is 15.6 Å². The monoisotopic (exact) mass is 461 g/mol. The van der Waals surface area contributed by atoms with Gasteiger partial charge in [-0.2, -0.15) is 0 Å². The highest BCUT2D eigenvalue weighted by Gasteiger charge is 2.13. The smallest absolute Gasteiger partial charge is 0.208 e. The lowest BCUT2D eigenvalue weighted by molar-refractivity contribution is -0.117. The Morgan fingerprint density at radius 1 is 1.12 bits per heavy atom. The van der Waals surface area contributed by atoms with Crippen LogP contribution in [0.25, 0.3) is 11.0 Å². The van der Waals surface area contributed by atoms with Crippen LogP contribution in [0.15, 0.2) is 54.7 Å². The van der Waals surface area contributed by atoms with Crippen LogP contribution in [0.4, 0.5) is 16.0 Å². The topological polar surface area (TPSA) is 81.1 Å². The first-order valence-electron chi connectivity index (χ1n) is 11.2. The predicted molar refractivity (Wildman–Crippen MR) is 131 cm³/mol. The van der Waals surface area contributed by atoms with E-state index in [0.29, 0.717) is 35.2 Å². The van der Waals surface area contributed by atoms with E-state index in [-0.39, 0.29) is 23.9 Å². The van der Waals surface area contributed by atoms with Gasteiger partial charge in [0, 0.05) is 31.1 Å². The van der Waals surface area contributed by atoms with Crippen LogP contribution in [0.1, 0.15) is 31.0 Å². The minimum absolute atomic E-state index is 0.0590. The molecule has 2 aromatic carbocycles. The third kappa shape index (κ3) is 5.23. The van der Waals surface area contributed by atoms with Gasteiger partial charge in [0.1, 0.15) is 17.3 Å². The van der Waals surface area contributed by atoms with E-state index in [1.54, 1.807) is 31.4 Å². The lowest BCUT2D eigenvalue weighted by Gasteiger charge is -2.11. The van der Waals surface area contributed by atoms with Crippen molar-refractivity contribution in [3.05, 3.63) is 71.8 Å². The number of ether oxygens (including phenoxy) is 1. The SMILES string of the molecule is CNCC(=O)Cc1cc(Oc2ccc3c(c2)nc(Nc2ccc(F)c(C(C)C)c2)n3C)ccn1. The number of aryl methyl sites for hydroxylation is 1. The van der Waals surface area contributed by atoms with Crippen LogP contribution in [0.2, 0.25) is 0 Å². The first kappa shape index (κ1) is 23.4. The average molecular weight is 462 g/mol. The summed E-state index contributed by atoms with van der Waals surface area (Å²) >= 11 is 0. The van der Waals surface area contributed by atoms with Gasteiger partial charge < -0.3 is 19.9 Å². The Morgan fingerprint density at radius 2 is 1.91 bits per heavy atom. The highest BCUT2D eigenvalue weighted by atomic mass is 19.1. The minimum atomic E-state index is -0.210. The maximum absolute atomic E-state index is 14.1. The first-order chi connectivity index (χ1) is 16.3. The molecule has 0 amide bonds. The fourth-order valence-electron chi connectivity index (χ4n) is 3.76. The highest BCUT2D eigenvalue weighted by Crippen LogP contribution is 2.29. The van der Waals surface area contributed by atoms with Gasteiger partial charge in [-0.1, -0.05) is 13.8 Å². The number of benzene rings is 2. The van der Waals surface area contributed by atoms with Crippen molar-refractivity contribution in [2.24, 2.45) is 7.05 Å². The van der Waals surface area contributed by atoms with Crippen molar-refractivity contribution < 1.29 is 13.9 Å². The number of ketones is 1. The zero-order valence-electron chi connectivity index (χ0n) is 19.7. The van der Waals surface area contributed by atoms with Crippen LogP contribution in [-0.4, -0.2) is 33.9 Å². The molecule has 0 spiro atoms.